The first kappa shape index (κ1) is 12.5. The van der Waals surface area contributed by atoms with E-state index in [-0.39, 0.29) is 5.91 Å². The molecule has 1 N–H and O–H groups in total. The summed E-state index contributed by atoms with van der Waals surface area (Å²) in [6, 6.07) is 7.44. The number of hydrogen-bond acceptors (Lipinski definition) is 3. The maximum absolute atomic E-state index is 11.4. The molecule has 1 aromatic rings. The van der Waals surface area contributed by atoms with Crippen LogP contribution in [0.4, 0.5) is 5.69 Å². The highest BCUT2D eigenvalue weighted by atomic mass is 16.6. The fourth-order valence-electron chi connectivity index (χ4n) is 1.48. The zero-order valence-electron chi connectivity index (χ0n) is 9.99. The van der Waals surface area contributed by atoms with Crippen molar-refractivity contribution in [2.24, 2.45) is 0 Å². The molecule has 0 fully saturated rings. The maximum atomic E-state index is 11.4. The van der Waals surface area contributed by atoms with Gasteiger partial charge in [-0.3, -0.25) is 9.63 Å². The lowest BCUT2D eigenvalue weighted by molar-refractivity contribution is 0.0537. The van der Waals surface area contributed by atoms with Crippen LogP contribution in [0.1, 0.15) is 23.7 Å². The maximum Gasteiger partial charge on any atom is 0.274 e. The molecule has 1 amide bonds. The Hall–Kier alpha value is -1.55. The van der Waals surface area contributed by atoms with E-state index in [1.165, 1.54) is 7.11 Å². The van der Waals surface area contributed by atoms with Gasteiger partial charge < -0.3 is 4.90 Å². The predicted molar refractivity (Wildman–Crippen MR) is 64.5 cm³/mol. The van der Waals surface area contributed by atoms with Crippen LogP contribution in [0.3, 0.4) is 0 Å². The summed E-state index contributed by atoms with van der Waals surface area (Å²) in [4.78, 5) is 18.1. The van der Waals surface area contributed by atoms with Crippen molar-refractivity contribution in [2.75, 3.05) is 25.6 Å². The van der Waals surface area contributed by atoms with Crippen molar-refractivity contribution in [2.45, 2.75) is 13.3 Å². The summed E-state index contributed by atoms with van der Waals surface area (Å²) in [5, 5.41) is 0. The van der Waals surface area contributed by atoms with Crippen molar-refractivity contribution < 1.29 is 9.63 Å². The number of nitrogens with zero attached hydrogens (tertiary/aromatic N) is 1. The molecule has 0 aromatic heterocycles. The van der Waals surface area contributed by atoms with E-state index in [0.717, 1.165) is 18.7 Å². The normalized spacial score (nSPS) is 9.94. The molecular formula is C12H18N2O2. The van der Waals surface area contributed by atoms with Gasteiger partial charge in [0.15, 0.2) is 0 Å². The summed E-state index contributed by atoms with van der Waals surface area (Å²) in [6.45, 7) is 3.14. The van der Waals surface area contributed by atoms with Crippen molar-refractivity contribution in [3.8, 4) is 0 Å². The van der Waals surface area contributed by atoms with Gasteiger partial charge in [0.25, 0.3) is 5.91 Å². The van der Waals surface area contributed by atoms with E-state index in [2.05, 4.69) is 22.1 Å². The fourth-order valence-corrected chi connectivity index (χ4v) is 1.48. The number of benzene rings is 1. The molecule has 0 atom stereocenters. The molecule has 16 heavy (non-hydrogen) atoms. The number of hydroxylamine groups is 1. The highest BCUT2D eigenvalue weighted by Crippen LogP contribution is 2.13. The van der Waals surface area contributed by atoms with Crippen molar-refractivity contribution in [1.29, 1.82) is 0 Å². The predicted octanol–water partition coefficient (Wildman–Crippen LogP) is 1.82. The first-order valence-electron chi connectivity index (χ1n) is 5.33. The van der Waals surface area contributed by atoms with Crippen LogP contribution in [0.2, 0.25) is 0 Å². The summed E-state index contributed by atoms with van der Waals surface area (Å²) in [7, 11) is 3.45. The first-order valence-corrected chi connectivity index (χ1v) is 5.33. The SMILES string of the molecule is CCCN(C)c1ccc(C(=O)NOC)cc1. The van der Waals surface area contributed by atoms with E-state index in [1.54, 1.807) is 12.1 Å². The minimum Gasteiger partial charge on any atom is -0.375 e. The van der Waals surface area contributed by atoms with Crippen LogP contribution in [-0.2, 0) is 4.84 Å². The topological polar surface area (TPSA) is 41.6 Å². The third-order valence-electron chi connectivity index (χ3n) is 2.32. The van der Waals surface area contributed by atoms with Crippen molar-refractivity contribution in [1.82, 2.24) is 5.48 Å². The number of carbonyl (C=O) groups excluding carboxylic acids is 1. The summed E-state index contributed by atoms with van der Waals surface area (Å²) < 4.78 is 0. The molecular weight excluding hydrogens is 204 g/mol. The van der Waals surface area contributed by atoms with E-state index in [4.69, 9.17) is 0 Å². The van der Waals surface area contributed by atoms with Crippen molar-refractivity contribution in [3.63, 3.8) is 0 Å². The second-order valence-corrected chi connectivity index (χ2v) is 3.60. The molecule has 0 saturated carbocycles. The average molecular weight is 222 g/mol. The minimum atomic E-state index is -0.229. The molecule has 0 spiro atoms. The summed E-state index contributed by atoms with van der Waals surface area (Å²) >= 11 is 0. The Balaban J connectivity index is 2.71. The van der Waals surface area contributed by atoms with Gasteiger partial charge in [-0.2, -0.15) is 0 Å². The molecule has 4 nitrogen and oxygen atoms in total. The van der Waals surface area contributed by atoms with E-state index in [1.807, 2.05) is 19.2 Å². The molecule has 0 saturated heterocycles. The second kappa shape index (κ2) is 6.12. The van der Waals surface area contributed by atoms with E-state index >= 15 is 0 Å². The van der Waals surface area contributed by atoms with Gasteiger partial charge in [0.05, 0.1) is 7.11 Å². The largest absolute Gasteiger partial charge is 0.375 e. The number of nitrogens with one attached hydrogen (secondary N) is 1. The van der Waals surface area contributed by atoms with E-state index in [9.17, 15) is 4.79 Å². The highest BCUT2D eigenvalue weighted by Gasteiger charge is 2.05. The summed E-state index contributed by atoms with van der Waals surface area (Å²) in [5.74, 6) is -0.229. The van der Waals surface area contributed by atoms with Crippen LogP contribution >= 0.6 is 0 Å². The Kier molecular flexibility index (Phi) is 4.79. The van der Waals surface area contributed by atoms with Gasteiger partial charge >= 0.3 is 0 Å². The number of rotatable bonds is 5. The van der Waals surface area contributed by atoms with E-state index in [0.29, 0.717) is 5.56 Å². The second-order valence-electron chi connectivity index (χ2n) is 3.60. The Bertz CT molecular complexity index is 335. The van der Waals surface area contributed by atoms with Crippen LogP contribution in [0.15, 0.2) is 24.3 Å². The molecule has 88 valence electrons. The van der Waals surface area contributed by atoms with Crippen LogP contribution < -0.4 is 10.4 Å². The van der Waals surface area contributed by atoms with Crippen LogP contribution in [-0.4, -0.2) is 26.6 Å². The Morgan fingerprint density at radius 1 is 1.38 bits per heavy atom. The summed E-state index contributed by atoms with van der Waals surface area (Å²) in [5.41, 5.74) is 3.98. The van der Waals surface area contributed by atoms with Gasteiger partial charge in [-0.1, -0.05) is 6.92 Å². The van der Waals surface area contributed by atoms with E-state index < -0.39 is 0 Å². The molecule has 0 aliphatic carbocycles. The highest BCUT2D eigenvalue weighted by molar-refractivity contribution is 5.93. The quantitative estimate of drug-likeness (QED) is 0.773. The van der Waals surface area contributed by atoms with Crippen LogP contribution in [0.25, 0.3) is 0 Å². The Morgan fingerprint density at radius 2 is 2.00 bits per heavy atom. The minimum absolute atomic E-state index is 0.229. The number of hydrogen-bond donors (Lipinski definition) is 1. The van der Waals surface area contributed by atoms with Gasteiger partial charge in [-0.15, -0.1) is 0 Å². The molecule has 1 aromatic carbocycles. The number of anilines is 1. The van der Waals surface area contributed by atoms with Crippen molar-refractivity contribution in [3.05, 3.63) is 29.8 Å². The monoisotopic (exact) mass is 222 g/mol. The number of amides is 1. The van der Waals surface area contributed by atoms with Crippen LogP contribution in [0, 0.1) is 0 Å². The fraction of sp³-hybridized carbons (Fsp3) is 0.417. The van der Waals surface area contributed by atoms with Gasteiger partial charge in [0.2, 0.25) is 0 Å². The molecule has 0 aliphatic heterocycles. The number of carbonyl (C=O) groups is 1. The third-order valence-corrected chi connectivity index (χ3v) is 2.32. The smallest absolute Gasteiger partial charge is 0.274 e. The lowest BCUT2D eigenvalue weighted by Crippen LogP contribution is -2.22. The molecule has 0 heterocycles. The zero-order chi connectivity index (χ0) is 12.0. The molecule has 0 bridgehead atoms. The molecule has 1 rings (SSSR count). The Labute approximate surface area is 96.2 Å². The first-order chi connectivity index (χ1) is 7.69. The van der Waals surface area contributed by atoms with Gasteiger partial charge in [0.1, 0.15) is 0 Å². The molecule has 4 heteroatoms. The molecule has 0 radical (unpaired) electrons. The van der Waals surface area contributed by atoms with Crippen LogP contribution in [0.5, 0.6) is 0 Å². The average Bonchev–Trinajstić information content (AvgIpc) is 2.30. The standard InChI is InChI=1S/C12H18N2O2/c1-4-9-14(2)11-7-5-10(6-8-11)12(15)13-16-3/h5-8H,4,9H2,1-3H3,(H,13,15). The van der Waals surface area contributed by atoms with Gasteiger partial charge in [-0.25, -0.2) is 5.48 Å². The van der Waals surface area contributed by atoms with Crippen molar-refractivity contribution >= 4 is 11.6 Å². The van der Waals surface area contributed by atoms with Gasteiger partial charge in [-0.05, 0) is 30.7 Å². The zero-order valence-corrected chi connectivity index (χ0v) is 9.99. The summed E-state index contributed by atoms with van der Waals surface area (Å²) in [6.07, 6.45) is 1.10. The van der Waals surface area contributed by atoms with Gasteiger partial charge in [0, 0.05) is 24.8 Å². The lowest BCUT2D eigenvalue weighted by atomic mass is 10.2. The molecule has 0 aliphatic rings. The molecule has 0 unspecified atom stereocenters. The Morgan fingerprint density at radius 3 is 2.50 bits per heavy atom. The third kappa shape index (κ3) is 3.24. The lowest BCUT2D eigenvalue weighted by Gasteiger charge is -2.18.